The second-order valence-electron chi connectivity index (χ2n) is 7.69. The number of ether oxygens (including phenoxy) is 3. The number of aromatic nitrogens is 1. The minimum Gasteiger partial charge on any atom is -0.469 e. The molecule has 0 spiro atoms. The highest BCUT2D eigenvalue weighted by Gasteiger charge is 2.47. The first kappa shape index (κ1) is 19.3. The molecule has 0 bridgehead atoms. The van der Waals surface area contributed by atoms with Gasteiger partial charge in [0, 0.05) is 18.2 Å². The molecule has 31 heavy (non-hydrogen) atoms. The van der Waals surface area contributed by atoms with Crippen molar-refractivity contribution >= 4 is 29.7 Å². The first-order valence-electron chi connectivity index (χ1n) is 10.2. The van der Waals surface area contributed by atoms with E-state index >= 15 is 0 Å². The number of amides is 2. The van der Waals surface area contributed by atoms with Crippen LogP contribution in [0.1, 0.15) is 18.4 Å². The molecule has 4 heterocycles. The molecule has 2 fully saturated rings. The summed E-state index contributed by atoms with van der Waals surface area (Å²) in [5, 5.41) is 0. The predicted molar refractivity (Wildman–Crippen MR) is 110 cm³/mol. The SMILES string of the molecule is COC(=O)CC[C@@H]1OC(=O)N2c3ccc(-c4ccc(N5CCOC5=O)nc4)cc3C[C@@H]12. The van der Waals surface area contributed by atoms with Crippen molar-refractivity contribution in [2.75, 3.05) is 30.1 Å². The molecule has 2 aromatic rings. The zero-order valence-electron chi connectivity index (χ0n) is 16.9. The number of carbonyl (C=O) groups excluding carboxylic acids is 3. The van der Waals surface area contributed by atoms with Crippen molar-refractivity contribution in [3.05, 3.63) is 42.1 Å². The van der Waals surface area contributed by atoms with Crippen LogP contribution in [0.15, 0.2) is 36.5 Å². The third-order valence-corrected chi connectivity index (χ3v) is 5.96. The molecule has 2 saturated heterocycles. The van der Waals surface area contributed by atoms with E-state index in [4.69, 9.17) is 14.2 Å². The van der Waals surface area contributed by atoms with Crippen LogP contribution in [0, 0.1) is 0 Å². The fraction of sp³-hybridized carbons (Fsp3) is 0.364. The quantitative estimate of drug-likeness (QED) is 0.539. The lowest BCUT2D eigenvalue weighted by molar-refractivity contribution is -0.141. The zero-order chi connectivity index (χ0) is 21.5. The topological polar surface area (TPSA) is 98.3 Å². The third-order valence-electron chi connectivity index (χ3n) is 5.96. The molecule has 2 amide bonds. The van der Waals surface area contributed by atoms with Crippen LogP contribution in [0.4, 0.5) is 21.1 Å². The number of anilines is 2. The summed E-state index contributed by atoms with van der Waals surface area (Å²) in [5.74, 6) is 0.245. The molecule has 160 valence electrons. The van der Waals surface area contributed by atoms with Crippen LogP contribution in [0.25, 0.3) is 11.1 Å². The number of fused-ring (bicyclic) bond motifs is 3. The Hall–Kier alpha value is -3.62. The fourth-order valence-corrected chi connectivity index (χ4v) is 4.39. The molecule has 0 aliphatic carbocycles. The van der Waals surface area contributed by atoms with Crippen LogP contribution in [0.3, 0.4) is 0 Å². The van der Waals surface area contributed by atoms with E-state index in [1.54, 1.807) is 17.2 Å². The van der Waals surface area contributed by atoms with Gasteiger partial charge in [-0.2, -0.15) is 0 Å². The number of hydrogen-bond acceptors (Lipinski definition) is 7. The first-order valence-corrected chi connectivity index (χ1v) is 10.2. The summed E-state index contributed by atoms with van der Waals surface area (Å²) in [4.78, 5) is 43.2. The van der Waals surface area contributed by atoms with Gasteiger partial charge in [0.15, 0.2) is 0 Å². The number of esters is 1. The lowest BCUT2D eigenvalue weighted by Gasteiger charge is -2.16. The minimum absolute atomic E-state index is 0.121. The average molecular weight is 423 g/mol. The van der Waals surface area contributed by atoms with Gasteiger partial charge in [0.1, 0.15) is 18.5 Å². The van der Waals surface area contributed by atoms with Gasteiger partial charge in [-0.05, 0) is 48.2 Å². The van der Waals surface area contributed by atoms with Crippen molar-refractivity contribution in [1.82, 2.24) is 4.98 Å². The Morgan fingerprint density at radius 2 is 2.03 bits per heavy atom. The molecule has 0 saturated carbocycles. The molecular weight excluding hydrogens is 402 g/mol. The van der Waals surface area contributed by atoms with Crippen molar-refractivity contribution in [2.24, 2.45) is 0 Å². The van der Waals surface area contributed by atoms with Crippen LogP contribution in [-0.4, -0.2) is 55.5 Å². The number of hydrogen-bond donors (Lipinski definition) is 0. The molecule has 0 unspecified atom stereocenters. The second-order valence-corrected chi connectivity index (χ2v) is 7.69. The van der Waals surface area contributed by atoms with Crippen LogP contribution in [0.2, 0.25) is 0 Å². The summed E-state index contributed by atoms with van der Waals surface area (Å²) in [6, 6.07) is 9.51. The highest BCUT2D eigenvalue weighted by molar-refractivity contribution is 5.94. The second kappa shape index (κ2) is 7.57. The number of pyridine rings is 1. The van der Waals surface area contributed by atoms with E-state index in [1.165, 1.54) is 12.0 Å². The van der Waals surface area contributed by atoms with Crippen molar-refractivity contribution in [2.45, 2.75) is 31.4 Å². The van der Waals surface area contributed by atoms with Gasteiger partial charge in [-0.3, -0.25) is 14.6 Å². The Balaban J connectivity index is 1.35. The van der Waals surface area contributed by atoms with Crippen LogP contribution >= 0.6 is 0 Å². The summed E-state index contributed by atoms with van der Waals surface area (Å²) in [7, 11) is 1.35. The Bertz CT molecular complexity index is 1050. The maximum absolute atomic E-state index is 12.4. The summed E-state index contributed by atoms with van der Waals surface area (Å²) < 4.78 is 15.1. The molecule has 3 aliphatic heterocycles. The van der Waals surface area contributed by atoms with Crippen LogP contribution in [0.5, 0.6) is 0 Å². The molecule has 2 atom stereocenters. The van der Waals surface area contributed by atoms with E-state index in [1.807, 2.05) is 18.2 Å². The van der Waals surface area contributed by atoms with Gasteiger partial charge in [0.2, 0.25) is 0 Å². The highest BCUT2D eigenvalue weighted by Crippen LogP contribution is 2.41. The van der Waals surface area contributed by atoms with Crippen molar-refractivity contribution in [3.8, 4) is 11.1 Å². The summed E-state index contributed by atoms with van der Waals surface area (Å²) in [5.41, 5.74) is 3.77. The maximum Gasteiger partial charge on any atom is 0.415 e. The van der Waals surface area contributed by atoms with Gasteiger partial charge in [-0.25, -0.2) is 14.6 Å². The lowest BCUT2D eigenvalue weighted by Crippen LogP contribution is -2.33. The summed E-state index contributed by atoms with van der Waals surface area (Å²) >= 11 is 0. The van der Waals surface area contributed by atoms with Crippen molar-refractivity contribution in [3.63, 3.8) is 0 Å². The van der Waals surface area contributed by atoms with E-state index in [0.717, 1.165) is 22.4 Å². The Labute approximate surface area is 178 Å². The molecule has 5 rings (SSSR count). The van der Waals surface area contributed by atoms with Crippen LogP contribution < -0.4 is 9.80 Å². The molecule has 1 aromatic carbocycles. The van der Waals surface area contributed by atoms with E-state index in [0.29, 0.717) is 31.8 Å². The third kappa shape index (κ3) is 3.35. The van der Waals surface area contributed by atoms with Gasteiger partial charge >= 0.3 is 18.2 Å². The smallest absolute Gasteiger partial charge is 0.415 e. The Morgan fingerprint density at radius 1 is 1.19 bits per heavy atom. The molecule has 1 aromatic heterocycles. The predicted octanol–water partition coefficient (Wildman–Crippen LogP) is 2.91. The molecule has 9 nitrogen and oxygen atoms in total. The Kier molecular flexibility index (Phi) is 4.72. The maximum atomic E-state index is 12.4. The number of rotatable bonds is 5. The zero-order valence-corrected chi connectivity index (χ0v) is 16.9. The molecule has 0 N–H and O–H groups in total. The van der Waals surface area contributed by atoms with Gasteiger partial charge in [0.25, 0.3) is 0 Å². The average Bonchev–Trinajstić information content (AvgIpc) is 3.46. The van der Waals surface area contributed by atoms with Crippen molar-refractivity contribution in [1.29, 1.82) is 0 Å². The number of carbonyl (C=O) groups is 3. The van der Waals surface area contributed by atoms with E-state index < -0.39 is 0 Å². The van der Waals surface area contributed by atoms with Crippen LogP contribution in [-0.2, 0) is 25.4 Å². The number of benzene rings is 1. The minimum atomic E-state index is -0.382. The van der Waals surface area contributed by atoms with E-state index in [2.05, 4.69) is 11.1 Å². The van der Waals surface area contributed by atoms with E-state index in [9.17, 15) is 14.4 Å². The first-order chi connectivity index (χ1) is 15.0. The van der Waals surface area contributed by atoms with Crippen molar-refractivity contribution < 1.29 is 28.6 Å². The number of nitrogens with zero attached hydrogens (tertiary/aromatic N) is 3. The highest BCUT2D eigenvalue weighted by atomic mass is 16.6. The number of methoxy groups -OCH3 is 1. The molecule has 0 radical (unpaired) electrons. The van der Waals surface area contributed by atoms with Gasteiger partial charge in [0.05, 0.1) is 25.4 Å². The summed E-state index contributed by atoms with van der Waals surface area (Å²) in [6.45, 7) is 0.863. The summed E-state index contributed by atoms with van der Waals surface area (Å²) in [6.07, 6.45) is 1.93. The molecule has 3 aliphatic rings. The largest absolute Gasteiger partial charge is 0.469 e. The monoisotopic (exact) mass is 423 g/mol. The molecule has 9 heteroatoms. The van der Waals surface area contributed by atoms with E-state index in [-0.39, 0.29) is 36.7 Å². The van der Waals surface area contributed by atoms with Gasteiger partial charge in [-0.1, -0.05) is 6.07 Å². The standard InChI is InChI=1S/C22H21N3O6/c1-29-20(26)7-5-18-17-11-15-10-13(2-4-16(15)25(17)22(28)31-18)14-3-6-19(23-12-14)24-8-9-30-21(24)27/h2-4,6,10,12,17-18H,5,7-9,11H2,1H3/t17-,18-/m0/s1. The number of cyclic esters (lactones) is 2. The normalized spacial score (nSPS) is 21.6. The molecular formula is C22H21N3O6. The van der Waals surface area contributed by atoms with Gasteiger partial charge in [-0.15, -0.1) is 0 Å². The fourth-order valence-electron chi connectivity index (χ4n) is 4.39. The lowest BCUT2D eigenvalue weighted by atomic mass is 9.99. The van der Waals surface area contributed by atoms with Gasteiger partial charge < -0.3 is 14.2 Å². The Morgan fingerprint density at radius 3 is 2.74 bits per heavy atom.